The Bertz CT molecular complexity index is 890. The highest BCUT2D eigenvalue weighted by Crippen LogP contribution is 2.37. The number of nitrogens with zero attached hydrogens (tertiary/aromatic N) is 1. The number of ether oxygens (including phenoxy) is 1. The molecule has 0 radical (unpaired) electrons. The van der Waals surface area contributed by atoms with Crippen molar-refractivity contribution >= 4 is 23.2 Å². The summed E-state index contributed by atoms with van der Waals surface area (Å²) in [6.45, 7) is -0.298. The van der Waals surface area contributed by atoms with Crippen molar-refractivity contribution in [2.45, 2.75) is 12.6 Å². The molecule has 0 spiro atoms. The second-order valence-electron chi connectivity index (χ2n) is 5.54. The van der Waals surface area contributed by atoms with Gasteiger partial charge >= 0.3 is 6.18 Å². The zero-order chi connectivity index (χ0) is 20.9. The number of aliphatic hydroxyl groups excluding tert-OH is 1. The molecule has 2 N–H and O–H groups in total. The second-order valence-corrected chi connectivity index (χ2v) is 5.95. The molecule has 2 aromatic rings. The number of amides is 1. The molecule has 0 saturated heterocycles. The zero-order valence-electron chi connectivity index (χ0n) is 14.1. The number of nitrogens with one attached hydrogen (secondary N) is 1. The van der Waals surface area contributed by atoms with Gasteiger partial charge in [-0.05, 0) is 30.3 Å². The maximum Gasteiger partial charge on any atom is 0.416 e. The summed E-state index contributed by atoms with van der Waals surface area (Å²) in [5.74, 6) is -0.585. The molecule has 150 valence electrons. The summed E-state index contributed by atoms with van der Waals surface area (Å²) < 4.78 is 43.5. The van der Waals surface area contributed by atoms with Crippen molar-refractivity contribution in [2.24, 2.45) is 0 Å². The Balaban J connectivity index is 2.28. The smallest absolute Gasteiger partial charge is 0.416 e. The molecule has 0 aliphatic carbocycles. The Kier molecular flexibility index (Phi) is 6.81. The van der Waals surface area contributed by atoms with Crippen LogP contribution in [-0.2, 0) is 17.4 Å². The Morgan fingerprint density at radius 3 is 2.54 bits per heavy atom. The molecule has 0 aliphatic heterocycles. The van der Waals surface area contributed by atoms with Crippen LogP contribution >= 0.6 is 11.6 Å². The van der Waals surface area contributed by atoms with Gasteiger partial charge in [-0.15, -0.1) is 0 Å². The molecule has 0 fully saturated rings. The Morgan fingerprint density at radius 1 is 1.25 bits per heavy atom. The number of hydrogen-bond acceptors (Lipinski definition) is 5. The highest BCUT2D eigenvalue weighted by Gasteiger charge is 2.31. The summed E-state index contributed by atoms with van der Waals surface area (Å²) in [4.78, 5) is 22.2. The number of halogens is 4. The van der Waals surface area contributed by atoms with Gasteiger partial charge in [0.15, 0.2) is 0 Å². The number of nitro groups is 1. The van der Waals surface area contributed by atoms with E-state index in [2.05, 4.69) is 5.32 Å². The van der Waals surface area contributed by atoms with Gasteiger partial charge in [0, 0.05) is 18.2 Å². The van der Waals surface area contributed by atoms with Crippen molar-refractivity contribution in [1.29, 1.82) is 0 Å². The van der Waals surface area contributed by atoms with E-state index in [1.165, 1.54) is 12.1 Å². The van der Waals surface area contributed by atoms with Crippen LogP contribution < -0.4 is 10.1 Å². The van der Waals surface area contributed by atoms with Crippen molar-refractivity contribution in [3.63, 3.8) is 0 Å². The molecule has 2 rings (SSSR count). The van der Waals surface area contributed by atoms with Gasteiger partial charge in [0.05, 0.1) is 28.5 Å². The lowest BCUT2D eigenvalue weighted by atomic mass is 10.1. The monoisotopic (exact) mass is 418 g/mol. The summed E-state index contributed by atoms with van der Waals surface area (Å²) in [7, 11) is 0. The topological polar surface area (TPSA) is 102 Å². The first-order chi connectivity index (χ1) is 13.1. The third-order valence-electron chi connectivity index (χ3n) is 3.52. The quantitative estimate of drug-likeness (QED) is 0.527. The van der Waals surface area contributed by atoms with Crippen LogP contribution in [0.25, 0.3) is 0 Å². The van der Waals surface area contributed by atoms with E-state index in [0.717, 1.165) is 18.2 Å². The number of hydrogen-bond donors (Lipinski definition) is 2. The number of carbonyl (C=O) groups is 1. The molecular weight excluding hydrogens is 405 g/mol. The van der Waals surface area contributed by atoms with E-state index >= 15 is 0 Å². The van der Waals surface area contributed by atoms with Crippen LogP contribution in [0.15, 0.2) is 36.4 Å². The third-order valence-corrected chi connectivity index (χ3v) is 3.82. The van der Waals surface area contributed by atoms with E-state index < -0.39 is 22.6 Å². The minimum absolute atomic E-state index is 0.00994. The van der Waals surface area contributed by atoms with Gasteiger partial charge < -0.3 is 15.2 Å². The van der Waals surface area contributed by atoms with Crippen molar-refractivity contribution in [2.75, 3.05) is 13.2 Å². The van der Waals surface area contributed by atoms with E-state index in [9.17, 15) is 28.1 Å². The van der Waals surface area contributed by atoms with Crippen LogP contribution in [-0.4, -0.2) is 29.1 Å². The fourth-order valence-electron chi connectivity index (χ4n) is 2.26. The van der Waals surface area contributed by atoms with Crippen LogP contribution in [0.4, 0.5) is 18.9 Å². The molecule has 28 heavy (non-hydrogen) atoms. The van der Waals surface area contributed by atoms with E-state index in [0.29, 0.717) is 6.07 Å². The number of alkyl halides is 3. The standard InChI is InChI=1S/C17H14ClF3N2O5/c18-13-9-11(17(19,20)21)1-4-15(13)28-12-2-3-14(23(26)27)10(7-12)8-16(25)22-5-6-24/h1-4,7,9,24H,5-6,8H2,(H,22,25). The van der Waals surface area contributed by atoms with Gasteiger partial charge in [-0.25, -0.2) is 0 Å². The van der Waals surface area contributed by atoms with Gasteiger partial charge in [0.1, 0.15) is 11.5 Å². The minimum Gasteiger partial charge on any atom is -0.456 e. The molecule has 0 aromatic heterocycles. The average molecular weight is 419 g/mol. The average Bonchev–Trinajstić information content (AvgIpc) is 2.60. The maximum absolute atomic E-state index is 12.7. The first-order valence-electron chi connectivity index (χ1n) is 7.81. The first kappa shape index (κ1) is 21.5. The normalized spacial score (nSPS) is 11.2. The largest absolute Gasteiger partial charge is 0.456 e. The summed E-state index contributed by atoms with van der Waals surface area (Å²) in [5.41, 5.74) is -1.25. The van der Waals surface area contributed by atoms with Crippen molar-refractivity contribution in [3.05, 3.63) is 62.7 Å². The van der Waals surface area contributed by atoms with Crippen LogP contribution in [0, 0.1) is 10.1 Å². The summed E-state index contributed by atoms with van der Waals surface area (Å²) in [6, 6.07) is 6.09. The van der Waals surface area contributed by atoms with Crippen LogP contribution in [0.5, 0.6) is 11.5 Å². The molecule has 0 heterocycles. The van der Waals surface area contributed by atoms with Gasteiger partial charge in [-0.2, -0.15) is 13.2 Å². The highest BCUT2D eigenvalue weighted by atomic mass is 35.5. The lowest BCUT2D eigenvalue weighted by molar-refractivity contribution is -0.385. The second kappa shape index (κ2) is 8.89. The Hall–Kier alpha value is -2.85. The SMILES string of the molecule is O=C(Cc1cc(Oc2ccc(C(F)(F)F)cc2Cl)ccc1[N+](=O)[O-])NCCO. The highest BCUT2D eigenvalue weighted by molar-refractivity contribution is 6.32. The van der Waals surface area contributed by atoms with E-state index in [1.54, 1.807) is 0 Å². The summed E-state index contributed by atoms with van der Waals surface area (Å²) in [6.07, 6.45) is -4.92. The molecule has 0 atom stereocenters. The van der Waals surface area contributed by atoms with Gasteiger partial charge in [-0.1, -0.05) is 11.6 Å². The number of benzene rings is 2. The van der Waals surface area contributed by atoms with Crippen LogP contribution in [0.1, 0.15) is 11.1 Å². The number of carbonyl (C=O) groups excluding carboxylic acids is 1. The lowest BCUT2D eigenvalue weighted by Crippen LogP contribution is -2.28. The maximum atomic E-state index is 12.7. The van der Waals surface area contributed by atoms with E-state index in [4.69, 9.17) is 21.4 Å². The molecule has 0 unspecified atom stereocenters. The molecule has 2 aromatic carbocycles. The number of aliphatic hydroxyl groups is 1. The van der Waals surface area contributed by atoms with Crippen molar-refractivity contribution < 1.29 is 32.7 Å². The predicted octanol–water partition coefficient (Wildman–Crippen LogP) is 3.71. The van der Waals surface area contributed by atoms with Crippen molar-refractivity contribution in [3.8, 4) is 11.5 Å². The van der Waals surface area contributed by atoms with Gasteiger partial charge in [0.25, 0.3) is 5.69 Å². The van der Waals surface area contributed by atoms with Crippen LogP contribution in [0.3, 0.4) is 0 Å². The first-order valence-corrected chi connectivity index (χ1v) is 8.19. The van der Waals surface area contributed by atoms with E-state index in [-0.39, 0.29) is 47.3 Å². The molecule has 1 amide bonds. The summed E-state index contributed by atoms with van der Waals surface area (Å²) in [5, 5.41) is 21.9. The molecule has 11 heteroatoms. The molecular formula is C17H14ClF3N2O5. The number of rotatable bonds is 7. The molecule has 0 saturated carbocycles. The van der Waals surface area contributed by atoms with E-state index in [1.807, 2.05) is 0 Å². The Morgan fingerprint density at radius 2 is 1.96 bits per heavy atom. The predicted molar refractivity (Wildman–Crippen MR) is 93.4 cm³/mol. The van der Waals surface area contributed by atoms with Gasteiger partial charge in [0.2, 0.25) is 5.91 Å². The molecule has 7 nitrogen and oxygen atoms in total. The lowest BCUT2D eigenvalue weighted by Gasteiger charge is -2.12. The molecule has 0 bridgehead atoms. The number of nitro benzene ring substituents is 1. The zero-order valence-corrected chi connectivity index (χ0v) is 14.9. The fraction of sp³-hybridized carbons (Fsp3) is 0.235. The van der Waals surface area contributed by atoms with Crippen LogP contribution in [0.2, 0.25) is 5.02 Å². The summed E-state index contributed by atoms with van der Waals surface area (Å²) >= 11 is 5.83. The third kappa shape index (κ3) is 5.57. The Labute approximate surface area is 161 Å². The fourth-order valence-corrected chi connectivity index (χ4v) is 2.48. The van der Waals surface area contributed by atoms with Crippen molar-refractivity contribution in [1.82, 2.24) is 5.32 Å². The van der Waals surface area contributed by atoms with Gasteiger partial charge in [-0.3, -0.25) is 14.9 Å². The molecule has 0 aliphatic rings. The minimum atomic E-state index is -4.56.